The van der Waals surface area contributed by atoms with Crippen molar-refractivity contribution >= 4 is 18.3 Å². The van der Waals surface area contributed by atoms with Crippen LogP contribution in [0.3, 0.4) is 0 Å². The molecule has 0 atom stereocenters. The van der Waals surface area contributed by atoms with Crippen LogP contribution < -0.4 is 11.1 Å². The molecular formula is C13H19ClN2O. The van der Waals surface area contributed by atoms with Crippen molar-refractivity contribution in [3.05, 3.63) is 34.9 Å². The molecule has 1 amide bonds. The van der Waals surface area contributed by atoms with Gasteiger partial charge in [-0.2, -0.15) is 0 Å². The zero-order chi connectivity index (χ0) is 11.5. The Morgan fingerprint density at radius 3 is 2.53 bits per heavy atom. The molecule has 1 aromatic carbocycles. The van der Waals surface area contributed by atoms with Gasteiger partial charge >= 0.3 is 0 Å². The normalized spacial score (nSPS) is 16.3. The van der Waals surface area contributed by atoms with E-state index in [9.17, 15) is 4.79 Å². The molecule has 1 aliphatic heterocycles. The number of benzene rings is 1. The summed E-state index contributed by atoms with van der Waals surface area (Å²) >= 11 is 0. The van der Waals surface area contributed by atoms with Crippen molar-refractivity contribution in [2.45, 2.75) is 25.7 Å². The van der Waals surface area contributed by atoms with Crippen molar-refractivity contribution in [3.63, 3.8) is 0 Å². The first kappa shape index (κ1) is 14.0. The smallest absolute Gasteiger partial charge is 0.248 e. The van der Waals surface area contributed by atoms with Crippen molar-refractivity contribution in [1.29, 1.82) is 0 Å². The summed E-state index contributed by atoms with van der Waals surface area (Å²) in [5.41, 5.74) is 8.26. The van der Waals surface area contributed by atoms with Crippen LogP contribution in [0.4, 0.5) is 0 Å². The fourth-order valence-corrected chi connectivity index (χ4v) is 2.37. The number of rotatable bonds is 2. The van der Waals surface area contributed by atoms with E-state index in [2.05, 4.69) is 11.4 Å². The predicted molar refractivity (Wildman–Crippen MR) is 71.8 cm³/mol. The first-order valence-corrected chi connectivity index (χ1v) is 5.79. The van der Waals surface area contributed by atoms with Gasteiger partial charge in [0, 0.05) is 5.56 Å². The highest BCUT2D eigenvalue weighted by Crippen LogP contribution is 2.26. The molecule has 0 spiro atoms. The maximum absolute atomic E-state index is 11.1. The van der Waals surface area contributed by atoms with E-state index in [4.69, 9.17) is 5.73 Å². The summed E-state index contributed by atoms with van der Waals surface area (Å²) in [5, 5.41) is 3.35. The number of carbonyl (C=O) groups is 1. The van der Waals surface area contributed by atoms with E-state index < -0.39 is 0 Å². The fourth-order valence-electron chi connectivity index (χ4n) is 2.37. The third kappa shape index (κ3) is 3.20. The SMILES string of the molecule is Cc1cc(C2CCNCC2)ccc1C(N)=O.Cl. The Kier molecular flexibility index (Phi) is 4.97. The molecule has 4 heteroatoms. The van der Waals surface area contributed by atoms with Crippen LogP contribution in [0, 0.1) is 6.92 Å². The maximum atomic E-state index is 11.1. The van der Waals surface area contributed by atoms with Crippen molar-refractivity contribution in [3.8, 4) is 0 Å². The molecule has 17 heavy (non-hydrogen) atoms. The molecule has 3 N–H and O–H groups in total. The number of amides is 1. The lowest BCUT2D eigenvalue weighted by Crippen LogP contribution is -2.26. The minimum absolute atomic E-state index is 0. The van der Waals surface area contributed by atoms with Gasteiger partial charge in [-0.3, -0.25) is 4.79 Å². The first-order chi connectivity index (χ1) is 7.68. The van der Waals surface area contributed by atoms with E-state index in [0.717, 1.165) is 18.7 Å². The van der Waals surface area contributed by atoms with Crippen LogP contribution in [0.5, 0.6) is 0 Å². The van der Waals surface area contributed by atoms with Gasteiger partial charge < -0.3 is 11.1 Å². The summed E-state index contributed by atoms with van der Waals surface area (Å²) in [6, 6.07) is 6.01. The van der Waals surface area contributed by atoms with Crippen molar-refractivity contribution in [2.75, 3.05) is 13.1 Å². The number of nitrogens with two attached hydrogens (primary N) is 1. The minimum Gasteiger partial charge on any atom is -0.366 e. The fraction of sp³-hybridized carbons (Fsp3) is 0.462. The summed E-state index contributed by atoms with van der Waals surface area (Å²) in [6.07, 6.45) is 2.35. The average Bonchev–Trinajstić information content (AvgIpc) is 2.29. The van der Waals surface area contributed by atoms with E-state index in [1.807, 2.05) is 19.1 Å². The molecule has 0 saturated carbocycles. The lowest BCUT2D eigenvalue weighted by molar-refractivity contribution is 0.0999. The third-order valence-corrected chi connectivity index (χ3v) is 3.33. The first-order valence-electron chi connectivity index (χ1n) is 5.79. The number of nitrogens with one attached hydrogen (secondary N) is 1. The van der Waals surface area contributed by atoms with Crippen LogP contribution in [0.2, 0.25) is 0 Å². The Bertz CT molecular complexity index is 400. The van der Waals surface area contributed by atoms with Crippen LogP contribution in [-0.2, 0) is 0 Å². The Hall–Kier alpha value is -1.06. The van der Waals surface area contributed by atoms with Crippen molar-refractivity contribution < 1.29 is 4.79 Å². The summed E-state index contributed by atoms with van der Waals surface area (Å²) < 4.78 is 0. The molecule has 1 aromatic rings. The van der Waals surface area contributed by atoms with E-state index in [-0.39, 0.29) is 18.3 Å². The average molecular weight is 255 g/mol. The lowest BCUT2D eigenvalue weighted by atomic mass is 9.88. The molecule has 3 nitrogen and oxygen atoms in total. The highest BCUT2D eigenvalue weighted by atomic mass is 35.5. The van der Waals surface area contributed by atoms with E-state index >= 15 is 0 Å². The summed E-state index contributed by atoms with van der Waals surface area (Å²) in [4.78, 5) is 11.1. The van der Waals surface area contributed by atoms with Gasteiger partial charge in [-0.05, 0) is 56.0 Å². The number of primary amides is 1. The second kappa shape index (κ2) is 6.03. The van der Waals surface area contributed by atoms with E-state index in [1.54, 1.807) is 0 Å². The summed E-state index contributed by atoms with van der Waals surface area (Å²) in [7, 11) is 0. The summed E-state index contributed by atoms with van der Waals surface area (Å²) in [6.45, 7) is 4.12. The number of hydrogen-bond acceptors (Lipinski definition) is 2. The zero-order valence-electron chi connectivity index (χ0n) is 10.0. The van der Waals surface area contributed by atoms with E-state index in [1.165, 1.54) is 18.4 Å². The van der Waals surface area contributed by atoms with Crippen LogP contribution in [0.15, 0.2) is 18.2 Å². The standard InChI is InChI=1S/C13H18N2O.ClH/c1-9-8-11(2-3-12(9)13(14)16)10-4-6-15-7-5-10;/h2-3,8,10,15H,4-7H2,1H3,(H2,14,16);1H. The van der Waals surface area contributed by atoms with Crippen molar-refractivity contribution in [1.82, 2.24) is 5.32 Å². The number of carbonyl (C=O) groups excluding carboxylic acids is 1. The van der Waals surface area contributed by atoms with Crippen LogP contribution in [0.25, 0.3) is 0 Å². The molecule has 2 rings (SSSR count). The molecule has 0 aliphatic carbocycles. The number of hydrogen-bond donors (Lipinski definition) is 2. The molecule has 0 aromatic heterocycles. The minimum atomic E-state index is -0.339. The number of aryl methyl sites for hydroxylation is 1. The molecular weight excluding hydrogens is 236 g/mol. The molecule has 94 valence electrons. The molecule has 0 bridgehead atoms. The van der Waals surface area contributed by atoms with Gasteiger partial charge in [0.1, 0.15) is 0 Å². The van der Waals surface area contributed by atoms with Gasteiger partial charge in [-0.15, -0.1) is 12.4 Å². The molecule has 1 saturated heterocycles. The Balaban J connectivity index is 0.00000144. The molecule has 0 radical (unpaired) electrons. The van der Waals surface area contributed by atoms with E-state index in [0.29, 0.717) is 11.5 Å². The molecule has 1 heterocycles. The van der Waals surface area contributed by atoms with Crippen LogP contribution in [0.1, 0.15) is 40.2 Å². The molecule has 0 unspecified atom stereocenters. The summed E-state index contributed by atoms with van der Waals surface area (Å²) in [5.74, 6) is 0.288. The third-order valence-electron chi connectivity index (χ3n) is 3.33. The van der Waals surface area contributed by atoms with Gasteiger partial charge in [0.15, 0.2) is 0 Å². The number of halogens is 1. The maximum Gasteiger partial charge on any atom is 0.248 e. The highest BCUT2D eigenvalue weighted by molar-refractivity contribution is 5.94. The van der Waals surface area contributed by atoms with Crippen LogP contribution in [-0.4, -0.2) is 19.0 Å². The van der Waals surface area contributed by atoms with Crippen LogP contribution >= 0.6 is 12.4 Å². The second-order valence-electron chi connectivity index (χ2n) is 4.46. The van der Waals surface area contributed by atoms with Crippen molar-refractivity contribution in [2.24, 2.45) is 5.73 Å². The quantitative estimate of drug-likeness (QED) is 0.848. The zero-order valence-corrected chi connectivity index (χ0v) is 10.8. The Morgan fingerprint density at radius 1 is 1.35 bits per heavy atom. The second-order valence-corrected chi connectivity index (χ2v) is 4.46. The number of piperidine rings is 1. The lowest BCUT2D eigenvalue weighted by Gasteiger charge is -2.23. The van der Waals surface area contributed by atoms with Gasteiger partial charge in [-0.25, -0.2) is 0 Å². The van der Waals surface area contributed by atoms with Gasteiger partial charge in [0.25, 0.3) is 0 Å². The van der Waals surface area contributed by atoms with Gasteiger partial charge in [0.2, 0.25) is 5.91 Å². The van der Waals surface area contributed by atoms with Gasteiger partial charge in [-0.1, -0.05) is 12.1 Å². The van der Waals surface area contributed by atoms with Gasteiger partial charge in [0.05, 0.1) is 0 Å². The largest absolute Gasteiger partial charge is 0.366 e. The molecule has 1 aliphatic rings. The Labute approximate surface area is 108 Å². The monoisotopic (exact) mass is 254 g/mol. The predicted octanol–water partition coefficient (Wildman–Crippen LogP) is 1.98. The highest BCUT2D eigenvalue weighted by Gasteiger charge is 2.16. The topological polar surface area (TPSA) is 55.1 Å². The molecule has 1 fully saturated rings. The Morgan fingerprint density at radius 2 is 2.00 bits per heavy atom.